The molecule has 130 valence electrons. The van der Waals surface area contributed by atoms with E-state index >= 15 is 0 Å². The summed E-state index contributed by atoms with van der Waals surface area (Å²) >= 11 is 1.39. The molecule has 1 saturated carbocycles. The Kier molecular flexibility index (Phi) is 5.02. The van der Waals surface area contributed by atoms with Crippen LogP contribution in [0.15, 0.2) is 0 Å². The number of ketones is 1. The van der Waals surface area contributed by atoms with E-state index in [1.165, 1.54) is 25.2 Å². The van der Waals surface area contributed by atoms with Crippen molar-refractivity contribution in [3.05, 3.63) is 10.0 Å². The van der Waals surface area contributed by atoms with Crippen LogP contribution in [0.5, 0.6) is 0 Å². The number of aromatic nitrogens is 2. The quantitative estimate of drug-likeness (QED) is 0.808. The SMILES string of the molecule is CC(C)(C)c1nnc(CC(=O)C(C)(C)S(=O)(=O)C2CCCC2)s1. The highest BCUT2D eigenvalue weighted by Gasteiger charge is 2.46. The van der Waals surface area contributed by atoms with Gasteiger partial charge in [-0.1, -0.05) is 33.6 Å². The fourth-order valence-corrected chi connectivity index (χ4v) is 5.83. The molecule has 0 radical (unpaired) electrons. The number of Topliss-reactive ketones (excluding diaryl/α,β-unsaturated/α-hetero) is 1. The maximum absolute atomic E-state index is 12.8. The van der Waals surface area contributed by atoms with Crippen LogP contribution >= 0.6 is 11.3 Å². The first kappa shape index (κ1) is 18.5. The van der Waals surface area contributed by atoms with Crippen LogP contribution < -0.4 is 0 Å². The summed E-state index contributed by atoms with van der Waals surface area (Å²) in [5.41, 5.74) is -0.121. The molecule has 0 spiro atoms. The summed E-state index contributed by atoms with van der Waals surface area (Å²) < 4.78 is 24.2. The van der Waals surface area contributed by atoms with Crippen LogP contribution in [0.4, 0.5) is 0 Å². The maximum Gasteiger partial charge on any atom is 0.165 e. The number of carbonyl (C=O) groups excluding carboxylic acids is 1. The highest BCUT2D eigenvalue weighted by atomic mass is 32.2. The number of hydrogen-bond acceptors (Lipinski definition) is 6. The van der Waals surface area contributed by atoms with Crippen LogP contribution in [0.25, 0.3) is 0 Å². The molecule has 0 N–H and O–H groups in total. The van der Waals surface area contributed by atoms with Gasteiger partial charge in [0.15, 0.2) is 15.6 Å². The molecule has 0 amide bonds. The summed E-state index contributed by atoms with van der Waals surface area (Å²) in [6, 6.07) is 0. The lowest BCUT2D eigenvalue weighted by Gasteiger charge is -2.26. The first-order valence-corrected chi connectivity index (χ1v) is 10.4. The first-order chi connectivity index (χ1) is 10.5. The van der Waals surface area contributed by atoms with Crippen molar-refractivity contribution in [2.75, 3.05) is 0 Å². The van der Waals surface area contributed by atoms with Crippen LogP contribution in [0.3, 0.4) is 0 Å². The first-order valence-electron chi connectivity index (χ1n) is 8.06. The van der Waals surface area contributed by atoms with E-state index in [4.69, 9.17) is 0 Å². The van der Waals surface area contributed by atoms with Gasteiger partial charge in [0.25, 0.3) is 0 Å². The third-order valence-corrected chi connectivity index (χ3v) is 8.89. The molecule has 0 atom stereocenters. The van der Waals surface area contributed by atoms with E-state index in [9.17, 15) is 13.2 Å². The van der Waals surface area contributed by atoms with Crippen molar-refractivity contribution in [3.63, 3.8) is 0 Å². The molecule has 0 bridgehead atoms. The zero-order valence-electron chi connectivity index (χ0n) is 14.5. The summed E-state index contributed by atoms with van der Waals surface area (Å²) in [5, 5.41) is 9.27. The fourth-order valence-electron chi connectivity index (χ4n) is 2.75. The van der Waals surface area contributed by atoms with Crippen molar-refractivity contribution in [3.8, 4) is 0 Å². The largest absolute Gasteiger partial charge is 0.297 e. The van der Waals surface area contributed by atoms with Crippen molar-refractivity contribution in [2.45, 2.75) is 82.1 Å². The lowest BCUT2D eigenvalue weighted by atomic mass is 9.98. The molecule has 1 aromatic rings. The Balaban J connectivity index is 2.17. The van der Waals surface area contributed by atoms with Gasteiger partial charge in [-0.15, -0.1) is 21.5 Å². The van der Waals surface area contributed by atoms with Crippen LogP contribution in [-0.2, 0) is 26.5 Å². The van der Waals surface area contributed by atoms with Gasteiger partial charge in [0, 0.05) is 5.41 Å². The molecule has 2 rings (SSSR count). The van der Waals surface area contributed by atoms with E-state index in [2.05, 4.69) is 10.2 Å². The third-order valence-electron chi connectivity index (χ3n) is 4.54. The summed E-state index contributed by atoms with van der Waals surface area (Å²) in [4.78, 5) is 12.7. The van der Waals surface area contributed by atoms with Gasteiger partial charge in [0.1, 0.15) is 14.8 Å². The number of carbonyl (C=O) groups is 1. The van der Waals surface area contributed by atoms with Crippen molar-refractivity contribution in [2.24, 2.45) is 0 Å². The summed E-state index contributed by atoms with van der Waals surface area (Å²) in [5.74, 6) is -0.291. The highest BCUT2D eigenvalue weighted by Crippen LogP contribution is 2.34. The minimum atomic E-state index is -3.47. The molecule has 5 nitrogen and oxygen atoms in total. The summed E-state index contributed by atoms with van der Waals surface area (Å²) in [6.07, 6.45) is 3.24. The lowest BCUT2D eigenvalue weighted by Crippen LogP contribution is -2.46. The standard InChI is InChI=1S/C16H26N2O3S2/c1-15(2,3)14-18-17-13(22-14)10-12(19)16(4,5)23(20,21)11-8-6-7-9-11/h11H,6-10H2,1-5H3. The van der Waals surface area contributed by atoms with Crippen LogP contribution in [0.1, 0.15) is 70.3 Å². The van der Waals surface area contributed by atoms with Gasteiger partial charge in [-0.2, -0.15) is 0 Å². The Hall–Kier alpha value is -0.820. The normalized spacial score (nSPS) is 17.6. The highest BCUT2D eigenvalue weighted by molar-refractivity contribution is 7.94. The number of rotatable bonds is 5. The number of sulfone groups is 1. The summed E-state index contributed by atoms with van der Waals surface area (Å²) in [6.45, 7) is 9.18. The number of hydrogen-bond donors (Lipinski definition) is 0. The molecule has 0 saturated heterocycles. The van der Waals surface area contributed by atoms with Gasteiger partial charge < -0.3 is 0 Å². The topological polar surface area (TPSA) is 77.0 Å². The average Bonchev–Trinajstić information content (AvgIpc) is 3.08. The number of nitrogens with zero attached hydrogens (tertiary/aromatic N) is 2. The molecule has 1 aliphatic rings. The molecule has 1 aliphatic carbocycles. The monoisotopic (exact) mass is 358 g/mol. The van der Waals surface area contributed by atoms with E-state index in [-0.39, 0.29) is 22.9 Å². The smallest absolute Gasteiger partial charge is 0.165 e. The zero-order valence-corrected chi connectivity index (χ0v) is 16.2. The molecule has 0 aliphatic heterocycles. The molecule has 1 heterocycles. The fraction of sp³-hybridized carbons (Fsp3) is 0.812. The molecule has 23 heavy (non-hydrogen) atoms. The van der Waals surface area contributed by atoms with Gasteiger partial charge in [0.05, 0.1) is 11.7 Å². The second-order valence-corrected chi connectivity index (χ2v) is 11.7. The van der Waals surface area contributed by atoms with Crippen LogP contribution in [0.2, 0.25) is 0 Å². The van der Waals surface area contributed by atoms with Gasteiger partial charge in [-0.3, -0.25) is 4.79 Å². The average molecular weight is 359 g/mol. The van der Waals surface area contributed by atoms with Gasteiger partial charge in [-0.25, -0.2) is 8.42 Å². The molecule has 1 fully saturated rings. The molecular weight excluding hydrogens is 332 g/mol. The van der Waals surface area contributed by atoms with E-state index in [0.717, 1.165) is 17.8 Å². The van der Waals surface area contributed by atoms with Gasteiger partial charge in [0.2, 0.25) is 0 Å². The predicted molar refractivity (Wildman–Crippen MR) is 92.6 cm³/mol. The molecule has 1 aromatic heterocycles. The summed E-state index contributed by atoms with van der Waals surface area (Å²) in [7, 11) is -3.47. The Labute approximate surface area is 142 Å². The molecular formula is C16H26N2O3S2. The van der Waals surface area contributed by atoms with Crippen molar-refractivity contribution >= 4 is 27.0 Å². The van der Waals surface area contributed by atoms with E-state index in [1.807, 2.05) is 20.8 Å². The Morgan fingerprint density at radius 2 is 1.70 bits per heavy atom. The van der Waals surface area contributed by atoms with E-state index < -0.39 is 14.6 Å². The Morgan fingerprint density at radius 1 is 1.13 bits per heavy atom. The minimum Gasteiger partial charge on any atom is -0.297 e. The van der Waals surface area contributed by atoms with E-state index in [0.29, 0.717) is 17.8 Å². The predicted octanol–water partition coefficient (Wildman–Crippen LogP) is 3.08. The lowest BCUT2D eigenvalue weighted by molar-refractivity contribution is -0.120. The second kappa shape index (κ2) is 6.24. The van der Waals surface area contributed by atoms with Crippen LogP contribution in [0, 0.1) is 0 Å². The maximum atomic E-state index is 12.8. The van der Waals surface area contributed by atoms with E-state index in [1.54, 1.807) is 0 Å². The van der Waals surface area contributed by atoms with Gasteiger partial charge >= 0.3 is 0 Å². The molecule has 7 heteroatoms. The van der Waals surface area contributed by atoms with Crippen molar-refractivity contribution in [1.29, 1.82) is 0 Å². The van der Waals surface area contributed by atoms with Crippen molar-refractivity contribution in [1.82, 2.24) is 10.2 Å². The molecule has 0 aromatic carbocycles. The van der Waals surface area contributed by atoms with Crippen LogP contribution in [-0.4, -0.2) is 34.4 Å². The molecule has 0 unspecified atom stereocenters. The zero-order chi connectivity index (χ0) is 17.5. The Morgan fingerprint density at radius 3 is 2.17 bits per heavy atom. The van der Waals surface area contributed by atoms with Gasteiger partial charge in [-0.05, 0) is 26.7 Å². The van der Waals surface area contributed by atoms with Crippen molar-refractivity contribution < 1.29 is 13.2 Å². The Bertz CT molecular complexity index is 678. The minimum absolute atomic E-state index is 0.0344. The second-order valence-electron chi connectivity index (χ2n) is 7.81. The third kappa shape index (κ3) is 3.65.